The predicted octanol–water partition coefficient (Wildman–Crippen LogP) is 1.80. The van der Waals surface area contributed by atoms with Crippen LogP contribution in [-0.2, 0) is 11.3 Å². The van der Waals surface area contributed by atoms with E-state index in [9.17, 15) is 5.11 Å². The van der Waals surface area contributed by atoms with Gasteiger partial charge in [-0.15, -0.1) is 0 Å². The molecule has 0 spiro atoms. The summed E-state index contributed by atoms with van der Waals surface area (Å²) in [6, 6.07) is 4.26. The van der Waals surface area contributed by atoms with Gasteiger partial charge in [-0.2, -0.15) is 0 Å². The van der Waals surface area contributed by atoms with Gasteiger partial charge in [-0.05, 0) is 43.5 Å². The Balaban J connectivity index is 2.42. The van der Waals surface area contributed by atoms with Crippen LogP contribution in [0.5, 0.6) is 5.75 Å². The van der Waals surface area contributed by atoms with E-state index in [4.69, 9.17) is 9.47 Å². The highest BCUT2D eigenvalue weighted by Gasteiger charge is 2.06. The van der Waals surface area contributed by atoms with Crippen molar-refractivity contribution in [1.29, 1.82) is 0 Å². The number of aryl methyl sites for hydroxylation is 2. The average molecular weight is 267 g/mol. The van der Waals surface area contributed by atoms with Gasteiger partial charge in [-0.3, -0.25) is 0 Å². The van der Waals surface area contributed by atoms with Crippen molar-refractivity contribution in [1.82, 2.24) is 5.32 Å². The van der Waals surface area contributed by atoms with E-state index in [1.165, 1.54) is 5.56 Å². The summed E-state index contributed by atoms with van der Waals surface area (Å²) in [4.78, 5) is 0. The van der Waals surface area contributed by atoms with Crippen LogP contribution in [0.4, 0.5) is 0 Å². The number of nitrogens with one attached hydrogen (secondary N) is 1. The Bertz CT molecular complexity index is 370. The Morgan fingerprint density at radius 1 is 1.21 bits per heavy atom. The van der Waals surface area contributed by atoms with Crippen LogP contribution in [0.1, 0.15) is 23.1 Å². The topological polar surface area (TPSA) is 50.7 Å². The Kier molecular flexibility index (Phi) is 6.84. The Morgan fingerprint density at radius 3 is 2.37 bits per heavy atom. The lowest BCUT2D eigenvalue weighted by atomic mass is 10.1. The van der Waals surface area contributed by atoms with Crippen molar-refractivity contribution in [2.75, 3.05) is 27.4 Å². The van der Waals surface area contributed by atoms with Crippen molar-refractivity contribution < 1.29 is 14.6 Å². The van der Waals surface area contributed by atoms with Crippen molar-refractivity contribution in [3.05, 3.63) is 28.8 Å². The standard InChI is InChI=1S/C15H25NO3/c1-11-7-13(8-12(2)15(11)19-4)9-16-6-5-14(17)10-18-3/h7-8,14,16-17H,5-6,9-10H2,1-4H3. The van der Waals surface area contributed by atoms with Crippen LogP contribution in [0.15, 0.2) is 12.1 Å². The van der Waals surface area contributed by atoms with E-state index >= 15 is 0 Å². The monoisotopic (exact) mass is 267 g/mol. The van der Waals surface area contributed by atoms with Gasteiger partial charge in [0.05, 0.1) is 19.8 Å². The third-order valence-electron chi connectivity index (χ3n) is 3.07. The van der Waals surface area contributed by atoms with Gasteiger partial charge in [0.15, 0.2) is 0 Å². The van der Waals surface area contributed by atoms with Crippen molar-refractivity contribution >= 4 is 0 Å². The largest absolute Gasteiger partial charge is 0.496 e. The number of aliphatic hydroxyl groups is 1. The number of ether oxygens (including phenoxy) is 2. The van der Waals surface area contributed by atoms with E-state index < -0.39 is 6.10 Å². The molecule has 4 nitrogen and oxygen atoms in total. The quantitative estimate of drug-likeness (QED) is 0.705. The molecule has 1 unspecified atom stereocenters. The second kappa shape index (κ2) is 8.15. The number of aliphatic hydroxyl groups excluding tert-OH is 1. The van der Waals surface area contributed by atoms with Gasteiger partial charge in [0.2, 0.25) is 0 Å². The molecular weight excluding hydrogens is 242 g/mol. The molecule has 1 atom stereocenters. The zero-order chi connectivity index (χ0) is 14.3. The first-order valence-corrected chi connectivity index (χ1v) is 6.60. The van der Waals surface area contributed by atoms with Crippen LogP contribution in [0.2, 0.25) is 0 Å². The van der Waals surface area contributed by atoms with Crippen LogP contribution in [0, 0.1) is 13.8 Å². The first-order chi connectivity index (χ1) is 9.08. The Morgan fingerprint density at radius 2 is 1.84 bits per heavy atom. The molecule has 1 aromatic rings. The molecule has 0 amide bonds. The lowest BCUT2D eigenvalue weighted by Crippen LogP contribution is -2.23. The predicted molar refractivity (Wildman–Crippen MR) is 76.7 cm³/mol. The molecule has 0 saturated carbocycles. The maximum Gasteiger partial charge on any atom is 0.124 e. The first-order valence-electron chi connectivity index (χ1n) is 6.60. The van der Waals surface area contributed by atoms with Crippen molar-refractivity contribution in [2.45, 2.75) is 32.9 Å². The SMILES string of the molecule is COCC(O)CCNCc1cc(C)c(OC)c(C)c1. The minimum absolute atomic E-state index is 0.391. The summed E-state index contributed by atoms with van der Waals surface area (Å²) in [7, 11) is 3.30. The fraction of sp³-hybridized carbons (Fsp3) is 0.600. The normalized spacial score (nSPS) is 12.5. The molecule has 4 heteroatoms. The van der Waals surface area contributed by atoms with Gasteiger partial charge in [0.1, 0.15) is 5.75 Å². The number of hydrogen-bond acceptors (Lipinski definition) is 4. The highest BCUT2D eigenvalue weighted by atomic mass is 16.5. The number of methoxy groups -OCH3 is 2. The van der Waals surface area contributed by atoms with E-state index in [0.717, 1.165) is 30.0 Å². The summed E-state index contributed by atoms with van der Waals surface area (Å²) in [6.45, 7) is 6.07. The minimum Gasteiger partial charge on any atom is -0.496 e. The average Bonchev–Trinajstić information content (AvgIpc) is 2.35. The Labute approximate surface area is 115 Å². The molecule has 0 aliphatic carbocycles. The van der Waals surface area contributed by atoms with E-state index in [2.05, 4.69) is 31.3 Å². The summed E-state index contributed by atoms with van der Waals surface area (Å²) >= 11 is 0. The van der Waals surface area contributed by atoms with Gasteiger partial charge >= 0.3 is 0 Å². The maximum absolute atomic E-state index is 9.52. The summed E-state index contributed by atoms with van der Waals surface area (Å²) in [6.07, 6.45) is 0.305. The molecule has 108 valence electrons. The molecule has 1 rings (SSSR count). The zero-order valence-corrected chi connectivity index (χ0v) is 12.3. The Hall–Kier alpha value is -1.10. The zero-order valence-electron chi connectivity index (χ0n) is 12.3. The molecule has 0 heterocycles. The molecular formula is C15H25NO3. The van der Waals surface area contributed by atoms with Crippen LogP contribution in [0.3, 0.4) is 0 Å². The summed E-state index contributed by atoms with van der Waals surface area (Å²) < 4.78 is 10.2. The first kappa shape index (κ1) is 16.0. The number of benzene rings is 1. The molecule has 0 aliphatic rings. The minimum atomic E-state index is -0.392. The maximum atomic E-state index is 9.52. The smallest absolute Gasteiger partial charge is 0.124 e. The van der Waals surface area contributed by atoms with E-state index in [-0.39, 0.29) is 0 Å². The highest BCUT2D eigenvalue weighted by molar-refractivity contribution is 5.43. The molecule has 19 heavy (non-hydrogen) atoms. The van der Waals surface area contributed by atoms with E-state index in [1.54, 1.807) is 14.2 Å². The molecule has 2 N–H and O–H groups in total. The van der Waals surface area contributed by atoms with Crippen molar-refractivity contribution in [2.24, 2.45) is 0 Å². The molecule has 1 aromatic carbocycles. The van der Waals surface area contributed by atoms with Gasteiger partial charge in [0, 0.05) is 13.7 Å². The molecule has 0 aliphatic heterocycles. The molecule has 0 bridgehead atoms. The summed E-state index contributed by atoms with van der Waals surface area (Å²) in [5.74, 6) is 0.958. The third-order valence-corrected chi connectivity index (χ3v) is 3.07. The molecule has 0 fully saturated rings. The second-order valence-electron chi connectivity index (χ2n) is 4.84. The molecule has 0 saturated heterocycles. The lowest BCUT2D eigenvalue weighted by Gasteiger charge is -2.13. The summed E-state index contributed by atoms with van der Waals surface area (Å²) in [5.41, 5.74) is 3.54. The van der Waals surface area contributed by atoms with Crippen LogP contribution >= 0.6 is 0 Å². The van der Waals surface area contributed by atoms with Gasteiger partial charge in [-0.25, -0.2) is 0 Å². The van der Waals surface area contributed by atoms with Gasteiger partial charge in [0.25, 0.3) is 0 Å². The van der Waals surface area contributed by atoms with Gasteiger partial charge in [-0.1, -0.05) is 12.1 Å². The van der Waals surface area contributed by atoms with Crippen molar-refractivity contribution in [3.8, 4) is 5.75 Å². The highest BCUT2D eigenvalue weighted by Crippen LogP contribution is 2.24. The van der Waals surface area contributed by atoms with Crippen LogP contribution in [-0.4, -0.2) is 38.6 Å². The number of hydrogen-bond donors (Lipinski definition) is 2. The summed E-state index contributed by atoms with van der Waals surface area (Å²) in [5, 5.41) is 12.8. The fourth-order valence-electron chi connectivity index (χ4n) is 2.24. The fourth-order valence-corrected chi connectivity index (χ4v) is 2.24. The van der Waals surface area contributed by atoms with Gasteiger partial charge < -0.3 is 19.9 Å². The lowest BCUT2D eigenvalue weighted by molar-refractivity contribution is 0.0594. The van der Waals surface area contributed by atoms with Crippen molar-refractivity contribution in [3.63, 3.8) is 0 Å². The van der Waals surface area contributed by atoms with Crippen LogP contribution < -0.4 is 10.1 Å². The third kappa shape index (κ3) is 5.19. The van der Waals surface area contributed by atoms with Crippen LogP contribution in [0.25, 0.3) is 0 Å². The van der Waals surface area contributed by atoms with E-state index in [0.29, 0.717) is 13.0 Å². The van der Waals surface area contributed by atoms with E-state index in [1.807, 2.05) is 0 Å². The second-order valence-corrected chi connectivity index (χ2v) is 4.84. The molecule has 0 aromatic heterocycles. The number of rotatable bonds is 8. The molecule has 0 radical (unpaired) electrons.